The predicted molar refractivity (Wildman–Crippen MR) is 99.6 cm³/mol. The summed E-state index contributed by atoms with van der Waals surface area (Å²) in [5.74, 6) is -0.890. The molecule has 146 valence electrons. The highest BCUT2D eigenvalue weighted by atomic mass is 32.2. The predicted octanol–water partition coefficient (Wildman–Crippen LogP) is 1.10. The first-order valence-electron chi connectivity index (χ1n) is 8.30. The van der Waals surface area contributed by atoms with Crippen LogP contribution in [0.1, 0.15) is 28.0 Å². The molecular weight excluding hydrogens is 370 g/mol. The van der Waals surface area contributed by atoms with Crippen LogP contribution in [0.5, 0.6) is 0 Å². The molecule has 2 rings (SSSR count). The van der Waals surface area contributed by atoms with Gasteiger partial charge < -0.3 is 14.6 Å². The number of hydrogen-bond acceptors (Lipinski definition) is 5. The minimum absolute atomic E-state index is 0.00179. The standard InChI is InChI=1S/C18H23N3O5S/c1-13-6-4-5-7-14(13)11-19-17(22)8-9-20-27(24,25)15-10-16(18(23)26-3)21(2)12-15/h4-7,10,12,20H,8-9,11H2,1-3H3,(H,19,22). The van der Waals surface area contributed by atoms with E-state index < -0.39 is 16.0 Å². The third-order valence-electron chi connectivity index (χ3n) is 4.07. The smallest absolute Gasteiger partial charge is 0.354 e. The van der Waals surface area contributed by atoms with E-state index in [2.05, 4.69) is 14.8 Å². The van der Waals surface area contributed by atoms with Crippen LogP contribution in [-0.4, -0.2) is 38.5 Å². The summed E-state index contributed by atoms with van der Waals surface area (Å²) in [6.07, 6.45) is 1.31. The molecule has 27 heavy (non-hydrogen) atoms. The Morgan fingerprint density at radius 3 is 2.59 bits per heavy atom. The first-order chi connectivity index (χ1) is 12.7. The molecule has 1 aromatic heterocycles. The zero-order valence-electron chi connectivity index (χ0n) is 15.5. The fourth-order valence-corrected chi connectivity index (χ4v) is 3.56. The van der Waals surface area contributed by atoms with Gasteiger partial charge in [-0.15, -0.1) is 0 Å². The maximum Gasteiger partial charge on any atom is 0.354 e. The van der Waals surface area contributed by atoms with Gasteiger partial charge in [0.2, 0.25) is 15.9 Å². The third kappa shape index (κ3) is 5.41. The number of hydrogen-bond donors (Lipinski definition) is 2. The molecule has 0 unspecified atom stereocenters. The van der Waals surface area contributed by atoms with Crippen LogP contribution in [0.4, 0.5) is 0 Å². The van der Waals surface area contributed by atoms with Crippen LogP contribution >= 0.6 is 0 Å². The van der Waals surface area contributed by atoms with Gasteiger partial charge in [0.05, 0.1) is 7.11 Å². The van der Waals surface area contributed by atoms with Crippen LogP contribution < -0.4 is 10.0 Å². The summed E-state index contributed by atoms with van der Waals surface area (Å²) in [6, 6.07) is 8.92. The Morgan fingerprint density at radius 2 is 1.93 bits per heavy atom. The average Bonchev–Trinajstić information content (AvgIpc) is 3.03. The van der Waals surface area contributed by atoms with Crippen LogP contribution in [0, 0.1) is 6.92 Å². The number of esters is 1. The van der Waals surface area contributed by atoms with Gasteiger partial charge in [-0.25, -0.2) is 17.9 Å². The van der Waals surface area contributed by atoms with E-state index >= 15 is 0 Å². The van der Waals surface area contributed by atoms with E-state index in [1.54, 1.807) is 7.05 Å². The van der Waals surface area contributed by atoms with Gasteiger partial charge in [0, 0.05) is 32.8 Å². The molecule has 0 aliphatic carbocycles. The van der Waals surface area contributed by atoms with Crippen LogP contribution in [0.25, 0.3) is 0 Å². The van der Waals surface area contributed by atoms with Crippen molar-refractivity contribution in [1.82, 2.24) is 14.6 Å². The van der Waals surface area contributed by atoms with E-state index in [-0.39, 0.29) is 29.5 Å². The number of methoxy groups -OCH3 is 1. The largest absolute Gasteiger partial charge is 0.464 e. The molecule has 0 saturated heterocycles. The van der Waals surface area contributed by atoms with Gasteiger partial charge in [0.15, 0.2) is 0 Å². The number of amides is 1. The van der Waals surface area contributed by atoms with E-state index in [9.17, 15) is 18.0 Å². The molecule has 0 radical (unpaired) electrons. The summed E-state index contributed by atoms with van der Waals surface area (Å²) in [6.45, 7) is 2.29. The second kappa shape index (κ2) is 8.83. The third-order valence-corrected chi connectivity index (χ3v) is 5.49. The van der Waals surface area contributed by atoms with E-state index in [0.29, 0.717) is 6.54 Å². The van der Waals surface area contributed by atoms with Crippen LogP contribution in [0.3, 0.4) is 0 Å². The number of carbonyl (C=O) groups excluding carboxylic acids is 2. The normalized spacial score (nSPS) is 11.2. The highest BCUT2D eigenvalue weighted by Gasteiger charge is 2.20. The summed E-state index contributed by atoms with van der Waals surface area (Å²) >= 11 is 0. The Kier molecular flexibility index (Phi) is 6.75. The van der Waals surface area contributed by atoms with Crippen molar-refractivity contribution in [1.29, 1.82) is 0 Å². The average molecular weight is 393 g/mol. The molecule has 0 fully saturated rings. The summed E-state index contributed by atoms with van der Waals surface area (Å²) in [5, 5.41) is 2.76. The SMILES string of the molecule is COC(=O)c1cc(S(=O)(=O)NCCC(=O)NCc2ccccc2C)cn1C. The number of ether oxygens (including phenoxy) is 1. The number of nitrogens with one attached hydrogen (secondary N) is 2. The second-order valence-electron chi connectivity index (χ2n) is 6.01. The Morgan fingerprint density at radius 1 is 1.22 bits per heavy atom. The fourth-order valence-electron chi connectivity index (χ4n) is 2.46. The molecule has 1 heterocycles. The molecule has 9 heteroatoms. The van der Waals surface area contributed by atoms with E-state index in [4.69, 9.17) is 0 Å². The molecule has 2 aromatic rings. The summed E-state index contributed by atoms with van der Waals surface area (Å²) in [5.41, 5.74) is 2.20. The number of sulfonamides is 1. The zero-order chi connectivity index (χ0) is 20.0. The molecule has 0 spiro atoms. The Labute approximate surface area is 158 Å². The Balaban J connectivity index is 1.87. The molecular formula is C18H23N3O5S. The maximum atomic E-state index is 12.3. The lowest BCUT2D eigenvalue weighted by Gasteiger charge is -2.08. The summed E-state index contributed by atoms with van der Waals surface area (Å²) in [7, 11) is -1.07. The molecule has 1 amide bonds. The Hall–Kier alpha value is -2.65. The van der Waals surface area contributed by atoms with Crippen molar-refractivity contribution in [2.75, 3.05) is 13.7 Å². The van der Waals surface area contributed by atoms with Gasteiger partial charge in [0.25, 0.3) is 0 Å². The summed E-state index contributed by atoms with van der Waals surface area (Å²) < 4.78 is 32.9. The molecule has 0 saturated carbocycles. The maximum absolute atomic E-state index is 12.3. The van der Waals surface area contributed by atoms with Crippen molar-refractivity contribution in [2.24, 2.45) is 7.05 Å². The number of nitrogens with zero attached hydrogens (tertiary/aromatic N) is 1. The molecule has 0 atom stereocenters. The molecule has 0 aliphatic heterocycles. The lowest BCUT2D eigenvalue weighted by molar-refractivity contribution is -0.121. The Bertz CT molecular complexity index is 934. The lowest BCUT2D eigenvalue weighted by atomic mass is 10.1. The first-order valence-corrected chi connectivity index (χ1v) is 9.78. The molecule has 8 nitrogen and oxygen atoms in total. The van der Waals surface area contributed by atoms with Crippen LogP contribution in [0.15, 0.2) is 41.4 Å². The van der Waals surface area contributed by atoms with Crippen molar-refractivity contribution < 1.29 is 22.7 Å². The van der Waals surface area contributed by atoms with Gasteiger partial charge in [-0.1, -0.05) is 24.3 Å². The van der Waals surface area contributed by atoms with E-state index in [1.165, 1.54) is 23.9 Å². The molecule has 2 N–H and O–H groups in total. The van der Waals surface area contributed by atoms with Gasteiger partial charge in [-0.3, -0.25) is 4.79 Å². The number of rotatable bonds is 8. The van der Waals surface area contributed by atoms with Gasteiger partial charge in [-0.2, -0.15) is 0 Å². The van der Waals surface area contributed by atoms with Crippen molar-refractivity contribution in [3.63, 3.8) is 0 Å². The van der Waals surface area contributed by atoms with Gasteiger partial charge >= 0.3 is 5.97 Å². The topological polar surface area (TPSA) is 106 Å². The number of aromatic nitrogens is 1. The highest BCUT2D eigenvalue weighted by molar-refractivity contribution is 7.89. The minimum Gasteiger partial charge on any atom is -0.464 e. The second-order valence-corrected chi connectivity index (χ2v) is 7.78. The van der Waals surface area contributed by atoms with Crippen molar-refractivity contribution >= 4 is 21.9 Å². The monoisotopic (exact) mass is 393 g/mol. The fraction of sp³-hybridized carbons (Fsp3) is 0.333. The highest BCUT2D eigenvalue weighted by Crippen LogP contribution is 2.14. The molecule has 0 aliphatic rings. The van der Waals surface area contributed by atoms with Gasteiger partial charge in [0.1, 0.15) is 10.6 Å². The number of carbonyl (C=O) groups is 2. The summed E-state index contributed by atoms with van der Waals surface area (Å²) in [4.78, 5) is 23.4. The van der Waals surface area contributed by atoms with Crippen LogP contribution in [0.2, 0.25) is 0 Å². The van der Waals surface area contributed by atoms with E-state index in [1.807, 2.05) is 31.2 Å². The minimum atomic E-state index is -3.83. The van der Waals surface area contributed by atoms with Crippen molar-refractivity contribution in [2.45, 2.75) is 24.8 Å². The first kappa shape index (κ1) is 20.7. The van der Waals surface area contributed by atoms with Crippen molar-refractivity contribution in [3.05, 3.63) is 53.3 Å². The van der Waals surface area contributed by atoms with Crippen molar-refractivity contribution in [3.8, 4) is 0 Å². The van der Waals surface area contributed by atoms with Crippen LogP contribution in [-0.2, 0) is 33.1 Å². The quantitative estimate of drug-likeness (QED) is 0.654. The van der Waals surface area contributed by atoms with Gasteiger partial charge in [-0.05, 0) is 24.1 Å². The molecule has 1 aromatic carbocycles. The van der Waals surface area contributed by atoms with E-state index in [0.717, 1.165) is 11.1 Å². The molecule has 0 bridgehead atoms. The zero-order valence-corrected chi connectivity index (χ0v) is 16.3. The lowest BCUT2D eigenvalue weighted by Crippen LogP contribution is -2.30. The number of benzene rings is 1. The number of aryl methyl sites for hydroxylation is 2.